The molecule has 0 aromatic heterocycles. The fourth-order valence-electron chi connectivity index (χ4n) is 6.02. The highest BCUT2D eigenvalue weighted by atomic mass is 16.5. The molecule has 264 valence electrons. The van der Waals surface area contributed by atoms with Crippen molar-refractivity contribution < 1.29 is 14.3 Å². The number of carbonyl (C=O) groups is 2. The molecular formula is C46H37N5O3. The van der Waals surface area contributed by atoms with Gasteiger partial charge in [0, 0.05) is 40.8 Å². The van der Waals surface area contributed by atoms with Crippen LogP contribution in [0.25, 0.3) is 0 Å². The molecule has 0 bridgehead atoms. The van der Waals surface area contributed by atoms with Gasteiger partial charge in [-0.3, -0.25) is 9.59 Å². The normalized spacial score (nSPS) is 12.6. The van der Waals surface area contributed by atoms with Crippen LogP contribution in [0.1, 0.15) is 45.5 Å². The molecular weight excluding hydrogens is 671 g/mol. The van der Waals surface area contributed by atoms with Gasteiger partial charge in [-0.1, -0.05) is 133 Å². The highest BCUT2D eigenvalue weighted by Crippen LogP contribution is 2.35. The number of methoxy groups -OCH3 is 1. The maximum absolute atomic E-state index is 13.6. The van der Waals surface area contributed by atoms with E-state index in [4.69, 9.17) is 24.7 Å². The number of rotatable bonds is 9. The molecule has 8 nitrogen and oxygen atoms in total. The molecule has 1 amide bonds. The van der Waals surface area contributed by atoms with Crippen molar-refractivity contribution in [3.63, 3.8) is 0 Å². The number of carbonyl (C=O) groups excluding carboxylic acids is 2. The summed E-state index contributed by atoms with van der Waals surface area (Å²) in [6.07, 6.45) is 0.656. The SMILES string of the molecule is COC(=O)CCCNC(=O)c1ccc2c(c1)N=C(c1ccccc1)C(c1ccccc1)=Nc1ccccc1N=C(c1ccccc1)C(c1ccccc1)=N2. The molecule has 1 heterocycles. The molecule has 0 aliphatic carbocycles. The average molecular weight is 708 g/mol. The van der Waals surface area contributed by atoms with E-state index in [0.717, 1.165) is 22.3 Å². The number of aliphatic imine (C=N–C) groups is 4. The minimum atomic E-state index is -0.323. The molecule has 0 spiro atoms. The number of esters is 1. The van der Waals surface area contributed by atoms with E-state index in [1.54, 1.807) is 12.1 Å². The Morgan fingerprint density at radius 3 is 1.26 bits per heavy atom. The van der Waals surface area contributed by atoms with E-state index in [1.165, 1.54) is 7.11 Å². The van der Waals surface area contributed by atoms with Crippen LogP contribution in [0.15, 0.2) is 184 Å². The Hall–Kier alpha value is -7.06. The summed E-state index contributed by atoms with van der Waals surface area (Å²) >= 11 is 0. The number of para-hydroxylation sites is 2. The van der Waals surface area contributed by atoms with Crippen LogP contribution in [0.4, 0.5) is 22.7 Å². The number of nitrogens with one attached hydrogen (secondary N) is 1. The molecule has 7 rings (SSSR count). The quantitative estimate of drug-likeness (QED) is 0.120. The van der Waals surface area contributed by atoms with Crippen molar-refractivity contribution >= 4 is 57.5 Å². The van der Waals surface area contributed by atoms with Gasteiger partial charge < -0.3 is 10.1 Å². The molecule has 6 aromatic carbocycles. The first-order chi connectivity index (χ1) is 26.6. The lowest BCUT2D eigenvalue weighted by Crippen LogP contribution is -2.25. The van der Waals surface area contributed by atoms with Crippen LogP contribution in [0.3, 0.4) is 0 Å². The van der Waals surface area contributed by atoms with Crippen molar-refractivity contribution in [1.29, 1.82) is 0 Å². The smallest absolute Gasteiger partial charge is 0.305 e. The molecule has 1 aliphatic heterocycles. The summed E-state index contributed by atoms with van der Waals surface area (Å²) in [5, 5.41) is 2.93. The lowest BCUT2D eigenvalue weighted by molar-refractivity contribution is -0.140. The molecule has 54 heavy (non-hydrogen) atoms. The van der Waals surface area contributed by atoms with Gasteiger partial charge in [-0.2, -0.15) is 0 Å². The topological polar surface area (TPSA) is 105 Å². The highest BCUT2D eigenvalue weighted by Gasteiger charge is 2.22. The Bertz CT molecular complexity index is 2390. The van der Waals surface area contributed by atoms with Crippen LogP contribution in [-0.2, 0) is 9.53 Å². The Kier molecular flexibility index (Phi) is 11.1. The third kappa shape index (κ3) is 8.35. The summed E-state index contributed by atoms with van der Waals surface area (Å²) in [5.41, 5.74) is 8.64. The fourth-order valence-corrected chi connectivity index (χ4v) is 6.02. The van der Waals surface area contributed by atoms with Crippen molar-refractivity contribution in [3.8, 4) is 0 Å². The zero-order valence-corrected chi connectivity index (χ0v) is 29.7. The van der Waals surface area contributed by atoms with Gasteiger partial charge in [-0.15, -0.1) is 0 Å². The first kappa shape index (κ1) is 35.3. The molecule has 0 atom stereocenters. The van der Waals surface area contributed by atoms with Crippen molar-refractivity contribution in [2.45, 2.75) is 12.8 Å². The number of hydrogen-bond donors (Lipinski definition) is 1. The number of ether oxygens (including phenoxy) is 1. The predicted octanol–water partition coefficient (Wildman–Crippen LogP) is 9.57. The third-order valence-corrected chi connectivity index (χ3v) is 8.76. The van der Waals surface area contributed by atoms with Crippen molar-refractivity contribution in [1.82, 2.24) is 5.32 Å². The highest BCUT2D eigenvalue weighted by molar-refractivity contribution is 6.55. The molecule has 0 fully saturated rings. The van der Waals surface area contributed by atoms with Crippen LogP contribution >= 0.6 is 0 Å². The first-order valence-corrected chi connectivity index (χ1v) is 17.7. The summed E-state index contributed by atoms with van der Waals surface area (Å²) < 4.78 is 4.75. The molecule has 6 aromatic rings. The van der Waals surface area contributed by atoms with E-state index < -0.39 is 0 Å². The van der Waals surface area contributed by atoms with Gasteiger partial charge in [-0.05, 0) is 36.8 Å². The molecule has 8 heteroatoms. The first-order valence-electron chi connectivity index (χ1n) is 17.7. The lowest BCUT2D eigenvalue weighted by atomic mass is 9.98. The Morgan fingerprint density at radius 2 is 0.852 bits per heavy atom. The average Bonchev–Trinajstić information content (AvgIpc) is 3.23. The van der Waals surface area contributed by atoms with Crippen molar-refractivity contribution in [3.05, 3.63) is 192 Å². The largest absolute Gasteiger partial charge is 0.469 e. The van der Waals surface area contributed by atoms with Gasteiger partial charge in [0.25, 0.3) is 5.91 Å². The minimum Gasteiger partial charge on any atom is -0.469 e. The van der Waals surface area contributed by atoms with Gasteiger partial charge in [0.05, 0.1) is 52.7 Å². The van der Waals surface area contributed by atoms with Gasteiger partial charge in [-0.25, -0.2) is 20.0 Å². The number of hydrogen-bond acceptors (Lipinski definition) is 7. The second kappa shape index (κ2) is 17.0. The predicted molar refractivity (Wildman–Crippen MR) is 217 cm³/mol. The molecule has 0 radical (unpaired) electrons. The summed E-state index contributed by atoms with van der Waals surface area (Å²) in [7, 11) is 1.35. The van der Waals surface area contributed by atoms with Gasteiger partial charge in [0.2, 0.25) is 0 Å². The van der Waals surface area contributed by atoms with Gasteiger partial charge >= 0.3 is 5.97 Å². The van der Waals surface area contributed by atoms with Crippen LogP contribution < -0.4 is 5.32 Å². The zero-order chi connectivity index (χ0) is 37.1. The van der Waals surface area contributed by atoms with E-state index in [2.05, 4.69) is 5.32 Å². The van der Waals surface area contributed by atoms with Crippen LogP contribution in [-0.4, -0.2) is 48.4 Å². The summed E-state index contributed by atoms with van der Waals surface area (Å²) in [4.78, 5) is 46.6. The summed E-state index contributed by atoms with van der Waals surface area (Å²) in [6.45, 7) is 0.307. The monoisotopic (exact) mass is 707 g/mol. The van der Waals surface area contributed by atoms with E-state index >= 15 is 0 Å². The molecule has 0 saturated heterocycles. The van der Waals surface area contributed by atoms with E-state index in [9.17, 15) is 9.59 Å². The fraction of sp³-hybridized carbons (Fsp3) is 0.0870. The Labute approximate surface area is 314 Å². The van der Waals surface area contributed by atoms with Crippen LogP contribution in [0, 0.1) is 0 Å². The zero-order valence-electron chi connectivity index (χ0n) is 29.7. The molecule has 1 aliphatic rings. The second-order valence-corrected chi connectivity index (χ2v) is 12.4. The number of nitrogens with zero attached hydrogens (tertiary/aromatic N) is 4. The number of amides is 1. The molecule has 0 unspecified atom stereocenters. The molecule has 1 N–H and O–H groups in total. The summed E-state index contributed by atoms with van der Waals surface area (Å²) in [5.74, 6) is -0.620. The maximum Gasteiger partial charge on any atom is 0.305 e. The lowest BCUT2D eigenvalue weighted by Gasteiger charge is -2.17. The minimum absolute atomic E-state index is 0.207. The molecule has 0 saturated carbocycles. The van der Waals surface area contributed by atoms with Crippen molar-refractivity contribution in [2.24, 2.45) is 20.0 Å². The van der Waals surface area contributed by atoms with E-state index in [0.29, 0.717) is 64.1 Å². The number of benzene rings is 6. The van der Waals surface area contributed by atoms with Crippen LogP contribution in [0.2, 0.25) is 0 Å². The second-order valence-electron chi connectivity index (χ2n) is 12.4. The maximum atomic E-state index is 13.6. The standard InChI is InChI=1S/C46H37N5O3/c1-54-41(52)27-16-30-47-46(53)36-28-29-39-40(31-36)51-45(35-23-12-5-13-24-35)44(34-21-10-4-11-22-34)49-38-26-15-14-25-37(38)48-42(32-17-6-2-7-18-32)43(50-39)33-19-8-3-9-20-33/h2-15,17-26,28-29,31H,16,27,30H2,1H3,(H,47,53). The van der Waals surface area contributed by atoms with Gasteiger partial charge in [0.1, 0.15) is 0 Å². The number of fused-ring (bicyclic) bond motifs is 2. The Balaban J connectivity index is 1.52. The van der Waals surface area contributed by atoms with E-state index in [-0.39, 0.29) is 18.3 Å². The third-order valence-electron chi connectivity index (χ3n) is 8.76. The van der Waals surface area contributed by atoms with Crippen LogP contribution in [0.5, 0.6) is 0 Å². The van der Waals surface area contributed by atoms with E-state index in [1.807, 2.05) is 152 Å². The summed E-state index contributed by atoms with van der Waals surface area (Å²) in [6, 6.07) is 52.8. The van der Waals surface area contributed by atoms with Gasteiger partial charge in [0.15, 0.2) is 0 Å². The Morgan fingerprint density at radius 1 is 0.481 bits per heavy atom. The van der Waals surface area contributed by atoms with Crippen molar-refractivity contribution in [2.75, 3.05) is 13.7 Å².